The minimum Gasteiger partial charge on any atom is -0.465 e. The molecule has 0 saturated heterocycles. The van der Waals surface area contributed by atoms with Crippen LogP contribution in [0.3, 0.4) is 0 Å². The molecule has 3 nitrogen and oxygen atoms in total. The number of benzene rings is 1. The molecule has 1 rings (SSSR count). The zero-order chi connectivity index (χ0) is 9.84. The zero-order valence-corrected chi connectivity index (χ0v) is 9.06. The van der Waals surface area contributed by atoms with Gasteiger partial charge in [0.25, 0.3) is 0 Å². The molecule has 0 amide bonds. The molecule has 0 heterocycles. The topological polar surface area (TPSA) is 52.3 Å². The van der Waals surface area contributed by atoms with E-state index in [0.717, 1.165) is 11.1 Å². The summed E-state index contributed by atoms with van der Waals surface area (Å²) < 4.78 is 4.61. The highest BCUT2D eigenvalue weighted by molar-refractivity contribution is 5.89. The molecule has 0 aromatic heterocycles. The Bertz CT molecular complexity index is 326. The number of ether oxygens (including phenoxy) is 1. The van der Waals surface area contributed by atoms with Crippen molar-refractivity contribution in [3.05, 3.63) is 34.9 Å². The van der Waals surface area contributed by atoms with Crippen LogP contribution in [0.5, 0.6) is 0 Å². The minimum atomic E-state index is -0.321. The summed E-state index contributed by atoms with van der Waals surface area (Å²) in [5.41, 5.74) is 8.00. The maximum Gasteiger partial charge on any atom is 0.337 e. The van der Waals surface area contributed by atoms with E-state index in [0.29, 0.717) is 12.1 Å². The monoisotopic (exact) mass is 215 g/mol. The molecule has 0 aliphatic heterocycles. The summed E-state index contributed by atoms with van der Waals surface area (Å²) in [4.78, 5) is 11.2. The highest BCUT2D eigenvalue weighted by atomic mass is 35.5. The van der Waals surface area contributed by atoms with E-state index in [1.807, 2.05) is 13.0 Å². The predicted octanol–water partition coefficient (Wildman–Crippen LogP) is 1.66. The van der Waals surface area contributed by atoms with Crippen LogP contribution < -0.4 is 5.73 Å². The number of hydrogen-bond donors (Lipinski definition) is 1. The second-order valence-electron chi connectivity index (χ2n) is 2.90. The van der Waals surface area contributed by atoms with Crippen LogP contribution in [0, 0.1) is 6.92 Å². The summed E-state index contributed by atoms with van der Waals surface area (Å²) in [5.74, 6) is -0.321. The number of nitrogens with two attached hydrogens (primary N) is 1. The van der Waals surface area contributed by atoms with Gasteiger partial charge in [-0.25, -0.2) is 4.79 Å². The van der Waals surface area contributed by atoms with Crippen molar-refractivity contribution in [2.75, 3.05) is 7.11 Å². The van der Waals surface area contributed by atoms with Crippen molar-refractivity contribution in [2.45, 2.75) is 13.5 Å². The first-order valence-electron chi connectivity index (χ1n) is 4.06. The lowest BCUT2D eigenvalue weighted by Crippen LogP contribution is -2.04. The number of aryl methyl sites for hydroxylation is 1. The Labute approximate surface area is 89.7 Å². The summed E-state index contributed by atoms with van der Waals surface area (Å²) in [6, 6.07) is 5.48. The molecule has 0 unspecified atom stereocenters. The summed E-state index contributed by atoms with van der Waals surface area (Å²) in [6.45, 7) is 2.36. The van der Waals surface area contributed by atoms with Gasteiger partial charge >= 0.3 is 5.97 Å². The molecule has 1 aromatic rings. The SMILES string of the molecule is COC(=O)c1cc(C)cc(CN)c1.Cl. The van der Waals surface area contributed by atoms with Crippen LogP contribution in [0.25, 0.3) is 0 Å². The van der Waals surface area contributed by atoms with Crippen molar-refractivity contribution in [2.24, 2.45) is 5.73 Å². The molecule has 0 radical (unpaired) electrons. The second-order valence-corrected chi connectivity index (χ2v) is 2.90. The number of carbonyl (C=O) groups is 1. The molecule has 0 atom stereocenters. The van der Waals surface area contributed by atoms with Gasteiger partial charge in [0, 0.05) is 6.54 Å². The van der Waals surface area contributed by atoms with Gasteiger partial charge in [-0.15, -0.1) is 12.4 Å². The largest absolute Gasteiger partial charge is 0.465 e. The number of methoxy groups -OCH3 is 1. The van der Waals surface area contributed by atoms with Gasteiger partial charge in [-0.05, 0) is 30.2 Å². The van der Waals surface area contributed by atoms with Crippen molar-refractivity contribution >= 4 is 18.4 Å². The summed E-state index contributed by atoms with van der Waals surface area (Å²) >= 11 is 0. The van der Waals surface area contributed by atoms with Crippen LogP contribution in [-0.4, -0.2) is 13.1 Å². The van der Waals surface area contributed by atoms with Crippen LogP contribution in [0.15, 0.2) is 18.2 Å². The van der Waals surface area contributed by atoms with Gasteiger partial charge in [-0.3, -0.25) is 0 Å². The van der Waals surface area contributed by atoms with E-state index in [4.69, 9.17) is 5.73 Å². The maximum absolute atomic E-state index is 11.2. The van der Waals surface area contributed by atoms with E-state index in [1.165, 1.54) is 7.11 Å². The quantitative estimate of drug-likeness (QED) is 0.764. The summed E-state index contributed by atoms with van der Waals surface area (Å²) in [5, 5.41) is 0. The highest BCUT2D eigenvalue weighted by Gasteiger charge is 2.06. The average molecular weight is 216 g/mol. The molecule has 2 N–H and O–H groups in total. The lowest BCUT2D eigenvalue weighted by molar-refractivity contribution is 0.0600. The molecule has 0 fully saturated rings. The van der Waals surface area contributed by atoms with Gasteiger partial charge < -0.3 is 10.5 Å². The van der Waals surface area contributed by atoms with Crippen molar-refractivity contribution in [3.8, 4) is 0 Å². The van der Waals surface area contributed by atoms with Gasteiger partial charge in [0.05, 0.1) is 12.7 Å². The average Bonchev–Trinajstić information content (AvgIpc) is 2.15. The van der Waals surface area contributed by atoms with E-state index < -0.39 is 0 Å². The third kappa shape index (κ3) is 3.01. The fourth-order valence-corrected chi connectivity index (χ4v) is 1.22. The van der Waals surface area contributed by atoms with Gasteiger partial charge in [0.1, 0.15) is 0 Å². The van der Waals surface area contributed by atoms with E-state index in [2.05, 4.69) is 4.74 Å². The first kappa shape index (κ1) is 12.9. The van der Waals surface area contributed by atoms with Crippen molar-refractivity contribution in [1.29, 1.82) is 0 Å². The van der Waals surface area contributed by atoms with Crippen molar-refractivity contribution in [3.63, 3.8) is 0 Å². The van der Waals surface area contributed by atoms with Gasteiger partial charge in [-0.2, -0.15) is 0 Å². The van der Waals surface area contributed by atoms with Crippen LogP contribution in [0.1, 0.15) is 21.5 Å². The summed E-state index contributed by atoms with van der Waals surface area (Å²) in [6.07, 6.45) is 0. The smallest absolute Gasteiger partial charge is 0.337 e. The maximum atomic E-state index is 11.2. The number of halogens is 1. The van der Waals surface area contributed by atoms with Crippen LogP contribution >= 0.6 is 12.4 Å². The molecule has 4 heteroatoms. The van der Waals surface area contributed by atoms with E-state index >= 15 is 0 Å². The van der Waals surface area contributed by atoms with E-state index in [1.54, 1.807) is 12.1 Å². The number of hydrogen-bond acceptors (Lipinski definition) is 3. The van der Waals surface area contributed by atoms with Gasteiger partial charge in [0.15, 0.2) is 0 Å². The first-order valence-corrected chi connectivity index (χ1v) is 4.06. The van der Waals surface area contributed by atoms with E-state index in [9.17, 15) is 4.79 Å². The summed E-state index contributed by atoms with van der Waals surface area (Å²) in [7, 11) is 1.37. The standard InChI is InChI=1S/C10H13NO2.ClH/c1-7-3-8(6-11)5-9(4-7)10(12)13-2;/h3-5H,6,11H2,1-2H3;1H. The minimum absolute atomic E-state index is 0. The Morgan fingerprint density at radius 2 is 2.07 bits per heavy atom. The molecular formula is C10H14ClNO2. The first-order chi connectivity index (χ1) is 6.17. The molecule has 1 aromatic carbocycles. The second kappa shape index (κ2) is 5.62. The van der Waals surface area contributed by atoms with Gasteiger partial charge in [0.2, 0.25) is 0 Å². The molecule has 0 spiro atoms. The van der Waals surface area contributed by atoms with Crippen LogP contribution in [0.4, 0.5) is 0 Å². The van der Waals surface area contributed by atoms with E-state index in [-0.39, 0.29) is 18.4 Å². The van der Waals surface area contributed by atoms with Crippen molar-refractivity contribution in [1.82, 2.24) is 0 Å². The Kier molecular flexibility index (Phi) is 5.20. The van der Waals surface area contributed by atoms with Crippen LogP contribution in [-0.2, 0) is 11.3 Å². The lowest BCUT2D eigenvalue weighted by Gasteiger charge is -2.03. The Balaban J connectivity index is 0.00000169. The molecule has 0 saturated carbocycles. The zero-order valence-electron chi connectivity index (χ0n) is 8.24. The Morgan fingerprint density at radius 3 is 2.57 bits per heavy atom. The third-order valence-electron chi connectivity index (χ3n) is 1.79. The Morgan fingerprint density at radius 1 is 1.43 bits per heavy atom. The van der Waals surface area contributed by atoms with Crippen LogP contribution in [0.2, 0.25) is 0 Å². The lowest BCUT2D eigenvalue weighted by atomic mass is 10.1. The van der Waals surface area contributed by atoms with Crippen molar-refractivity contribution < 1.29 is 9.53 Å². The molecule has 0 bridgehead atoms. The molecule has 78 valence electrons. The highest BCUT2D eigenvalue weighted by Crippen LogP contribution is 2.10. The predicted molar refractivity (Wildman–Crippen MR) is 57.7 cm³/mol. The van der Waals surface area contributed by atoms with Gasteiger partial charge in [-0.1, -0.05) is 6.07 Å². The normalized spacial score (nSPS) is 9.07. The fourth-order valence-electron chi connectivity index (χ4n) is 1.22. The third-order valence-corrected chi connectivity index (χ3v) is 1.79. The molecule has 0 aliphatic carbocycles. The molecular weight excluding hydrogens is 202 g/mol. The number of rotatable bonds is 2. The number of esters is 1. The Hall–Kier alpha value is -1.06. The fraction of sp³-hybridized carbons (Fsp3) is 0.300. The molecule has 0 aliphatic rings. The molecule has 14 heavy (non-hydrogen) atoms. The number of carbonyl (C=O) groups excluding carboxylic acids is 1.